The molecular weight excluding hydrogens is 428 g/mol. The summed E-state index contributed by atoms with van der Waals surface area (Å²) in [5.41, 5.74) is 2.97. The van der Waals surface area contributed by atoms with Gasteiger partial charge in [0.15, 0.2) is 4.80 Å². The number of hydrogen-bond donors (Lipinski definition) is 0. The quantitative estimate of drug-likeness (QED) is 0.570. The van der Waals surface area contributed by atoms with Crippen LogP contribution in [-0.2, 0) is 22.5 Å². The number of benzene rings is 2. The molecule has 0 radical (unpaired) electrons. The topological polar surface area (TPSA) is 52.8 Å². The van der Waals surface area contributed by atoms with E-state index in [4.69, 9.17) is 9.47 Å². The highest BCUT2D eigenvalue weighted by molar-refractivity contribution is 9.10. The van der Waals surface area contributed by atoms with Crippen LogP contribution in [0.15, 0.2) is 45.9 Å². The van der Waals surface area contributed by atoms with Crippen LogP contribution in [-0.4, -0.2) is 31.3 Å². The molecule has 7 heteroatoms. The second kappa shape index (κ2) is 8.82. The van der Waals surface area contributed by atoms with Crippen molar-refractivity contribution in [3.8, 4) is 5.75 Å². The maximum atomic E-state index is 12.7. The number of halogens is 1. The van der Waals surface area contributed by atoms with Crippen molar-refractivity contribution in [1.82, 2.24) is 4.57 Å². The first-order valence-corrected chi connectivity index (χ1v) is 10.1. The summed E-state index contributed by atoms with van der Waals surface area (Å²) in [4.78, 5) is 17.7. The Morgan fingerprint density at radius 2 is 2.04 bits per heavy atom. The van der Waals surface area contributed by atoms with Gasteiger partial charge in [-0.05, 0) is 31.2 Å². The second-order valence-corrected chi connectivity index (χ2v) is 8.06. The molecule has 0 aliphatic carbocycles. The van der Waals surface area contributed by atoms with Crippen LogP contribution >= 0.6 is 27.3 Å². The molecule has 5 nitrogen and oxygen atoms in total. The van der Waals surface area contributed by atoms with E-state index in [2.05, 4.69) is 20.9 Å². The minimum atomic E-state index is -0.198. The summed E-state index contributed by atoms with van der Waals surface area (Å²) in [7, 11) is 3.27. The van der Waals surface area contributed by atoms with Crippen LogP contribution < -0.4 is 9.54 Å². The molecule has 0 aliphatic heterocycles. The molecule has 3 aromatic rings. The average molecular weight is 449 g/mol. The number of methoxy groups -OCH3 is 2. The van der Waals surface area contributed by atoms with Crippen molar-refractivity contribution in [2.75, 3.05) is 20.8 Å². The summed E-state index contributed by atoms with van der Waals surface area (Å²) in [6.07, 6.45) is 0.201. The summed E-state index contributed by atoms with van der Waals surface area (Å²) in [6, 6.07) is 11.9. The Kier molecular flexibility index (Phi) is 6.46. The first-order valence-electron chi connectivity index (χ1n) is 8.50. The molecule has 1 heterocycles. The lowest BCUT2D eigenvalue weighted by Crippen LogP contribution is -2.19. The number of ether oxygens (including phenoxy) is 2. The third-order valence-electron chi connectivity index (χ3n) is 4.16. The zero-order valence-electron chi connectivity index (χ0n) is 15.5. The molecule has 0 saturated heterocycles. The van der Waals surface area contributed by atoms with Crippen molar-refractivity contribution in [3.05, 3.63) is 56.8 Å². The minimum Gasteiger partial charge on any atom is -0.496 e. The number of carbonyl (C=O) groups is 1. The number of nitrogens with zero attached hydrogens (tertiary/aromatic N) is 2. The van der Waals surface area contributed by atoms with Crippen LogP contribution in [0.4, 0.5) is 0 Å². The van der Waals surface area contributed by atoms with Crippen LogP contribution in [0, 0.1) is 6.92 Å². The van der Waals surface area contributed by atoms with Gasteiger partial charge in [0.1, 0.15) is 5.75 Å². The van der Waals surface area contributed by atoms with E-state index in [1.165, 1.54) is 11.3 Å². The van der Waals surface area contributed by atoms with Crippen molar-refractivity contribution in [3.63, 3.8) is 0 Å². The van der Waals surface area contributed by atoms with Gasteiger partial charge in [0.25, 0.3) is 5.91 Å². The fourth-order valence-corrected chi connectivity index (χ4v) is 4.51. The van der Waals surface area contributed by atoms with Gasteiger partial charge in [-0.1, -0.05) is 45.0 Å². The number of amides is 1. The number of aromatic nitrogens is 1. The predicted octanol–water partition coefficient (Wildman–Crippen LogP) is 4.10. The maximum Gasteiger partial charge on any atom is 0.252 e. The molecule has 0 aliphatic rings. The summed E-state index contributed by atoms with van der Waals surface area (Å²) in [5.74, 6) is 0.507. The molecule has 0 spiro atoms. The Hall–Kier alpha value is -1.96. The molecule has 0 bridgehead atoms. The molecular formula is C20H21BrN2O3S. The lowest BCUT2D eigenvalue weighted by molar-refractivity contribution is -0.117. The zero-order valence-corrected chi connectivity index (χ0v) is 17.9. The molecule has 142 valence electrons. The standard InChI is InChI=1S/C20H21BrN2O3S/c1-13-4-7-17(26-3)14(10-13)11-19(24)22-20-23(8-9-25-2)16-6-5-15(21)12-18(16)27-20/h4-7,10,12H,8-9,11H2,1-3H3. The fraction of sp³-hybridized carbons (Fsp3) is 0.300. The number of thiazole rings is 1. The normalized spacial score (nSPS) is 11.9. The Labute approximate surface area is 170 Å². The highest BCUT2D eigenvalue weighted by atomic mass is 79.9. The van der Waals surface area contributed by atoms with E-state index in [-0.39, 0.29) is 12.3 Å². The monoisotopic (exact) mass is 448 g/mol. The Bertz CT molecular complexity index is 1040. The lowest BCUT2D eigenvalue weighted by Gasteiger charge is -2.07. The molecule has 0 N–H and O–H groups in total. The van der Waals surface area contributed by atoms with E-state index in [9.17, 15) is 4.79 Å². The number of rotatable bonds is 6. The van der Waals surface area contributed by atoms with Crippen LogP contribution in [0.3, 0.4) is 0 Å². The number of carbonyl (C=O) groups excluding carboxylic acids is 1. The van der Waals surface area contributed by atoms with Gasteiger partial charge >= 0.3 is 0 Å². The van der Waals surface area contributed by atoms with Crippen LogP contribution in [0.25, 0.3) is 10.2 Å². The highest BCUT2D eigenvalue weighted by Gasteiger charge is 2.11. The van der Waals surface area contributed by atoms with Crippen LogP contribution in [0.5, 0.6) is 5.75 Å². The second-order valence-electron chi connectivity index (χ2n) is 6.14. The van der Waals surface area contributed by atoms with Gasteiger partial charge < -0.3 is 14.0 Å². The SMILES string of the molecule is COCCn1c(=NC(=O)Cc2cc(C)ccc2OC)sc2cc(Br)ccc21. The van der Waals surface area contributed by atoms with E-state index in [0.29, 0.717) is 23.7 Å². The van der Waals surface area contributed by atoms with Gasteiger partial charge in [0.2, 0.25) is 0 Å². The van der Waals surface area contributed by atoms with E-state index < -0.39 is 0 Å². The van der Waals surface area contributed by atoms with Crippen molar-refractivity contribution in [2.24, 2.45) is 4.99 Å². The summed E-state index contributed by atoms with van der Waals surface area (Å²) in [6.45, 7) is 3.18. The van der Waals surface area contributed by atoms with E-state index >= 15 is 0 Å². The third-order valence-corrected chi connectivity index (χ3v) is 5.70. The molecule has 0 saturated carbocycles. The highest BCUT2D eigenvalue weighted by Crippen LogP contribution is 2.23. The van der Waals surface area contributed by atoms with Crippen molar-refractivity contribution in [2.45, 2.75) is 19.9 Å². The smallest absolute Gasteiger partial charge is 0.252 e. The lowest BCUT2D eigenvalue weighted by atomic mass is 10.1. The summed E-state index contributed by atoms with van der Waals surface area (Å²) in [5, 5.41) is 0. The average Bonchev–Trinajstić information content (AvgIpc) is 2.95. The fourth-order valence-electron chi connectivity index (χ4n) is 2.89. The molecule has 0 atom stereocenters. The zero-order chi connectivity index (χ0) is 19.4. The molecule has 0 unspecified atom stereocenters. The van der Waals surface area contributed by atoms with E-state index in [0.717, 1.165) is 25.8 Å². The van der Waals surface area contributed by atoms with Crippen LogP contribution in [0.2, 0.25) is 0 Å². The molecule has 3 rings (SSSR count). The number of hydrogen-bond acceptors (Lipinski definition) is 4. The summed E-state index contributed by atoms with van der Waals surface area (Å²) >= 11 is 5.00. The number of fused-ring (bicyclic) bond motifs is 1. The van der Waals surface area contributed by atoms with Gasteiger partial charge in [-0.3, -0.25) is 4.79 Å². The summed E-state index contributed by atoms with van der Waals surface area (Å²) < 4.78 is 14.7. The van der Waals surface area contributed by atoms with E-state index in [1.54, 1.807) is 14.2 Å². The van der Waals surface area contributed by atoms with E-state index in [1.807, 2.05) is 47.9 Å². The molecule has 1 aromatic heterocycles. The van der Waals surface area contributed by atoms with Gasteiger partial charge in [0, 0.05) is 23.7 Å². The molecule has 0 fully saturated rings. The van der Waals surface area contributed by atoms with Gasteiger partial charge in [-0.2, -0.15) is 4.99 Å². The molecule has 2 aromatic carbocycles. The van der Waals surface area contributed by atoms with Gasteiger partial charge in [0.05, 0.1) is 30.4 Å². The van der Waals surface area contributed by atoms with Crippen molar-refractivity contribution in [1.29, 1.82) is 0 Å². The Morgan fingerprint density at radius 1 is 1.22 bits per heavy atom. The Balaban J connectivity index is 1.99. The first-order chi connectivity index (χ1) is 13.0. The van der Waals surface area contributed by atoms with Gasteiger partial charge in [-0.25, -0.2) is 0 Å². The van der Waals surface area contributed by atoms with Crippen molar-refractivity contribution < 1.29 is 14.3 Å². The van der Waals surface area contributed by atoms with Gasteiger partial charge in [-0.15, -0.1) is 0 Å². The minimum absolute atomic E-state index is 0.198. The van der Waals surface area contributed by atoms with Crippen LogP contribution in [0.1, 0.15) is 11.1 Å². The Morgan fingerprint density at radius 3 is 2.78 bits per heavy atom. The first kappa shape index (κ1) is 19.8. The third kappa shape index (κ3) is 4.66. The molecule has 1 amide bonds. The van der Waals surface area contributed by atoms with Crippen molar-refractivity contribution >= 4 is 43.4 Å². The molecule has 27 heavy (non-hydrogen) atoms. The largest absolute Gasteiger partial charge is 0.496 e. The number of aryl methyl sites for hydroxylation is 1. The predicted molar refractivity (Wildman–Crippen MR) is 111 cm³/mol. The maximum absolute atomic E-state index is 12.7.